The maximum absolute atomic E-state index is 12.7. The molecule has 0 aromatic heterocycles. The van der Waals surface area contributed by atoms with E-state index in [1.54, 1.807) is 0 Å². The van der Waals surface area contributed by atoms with Gasteiger partial charge in [-0.15, -0.1) is 0 Å². The first-order valence-corrected chi connectivity index (χ1v) is 12.4. The third-order valence-electron chi connectivity index (χ3n) is 4.50. The summed E-state index contributed by atoms with van der Waals surface area (Å²) in [5.41, 5.74) is -0.128. The van der Waals surface area contributed by atoms with Gasteiger partial charge in [0, 0.05) is 42.0 Å². The van der Waals surface area contributed by atoms with Gasteiger partial charge in [-0.05, 0) is 68.3 Å². The third kappa shape index (κ3) is 4.88. The number of hydrogen-bond acceptors (Lipinski definition) is 6. The fourth-order valence-corrected chi connectivity index (χ4v) is 5.76. The predicted molar refractivity (Wildman–Crippen MR) is 132 cm³/mol. The first-order valence-electron chi connectivity index (χ1n) is 9.23. The number of benzene rings is 2. The molecule has 2 aliphatic rings. The first kappa shape index (κ1) is 22.9. The fraction of sp³-hybridized carbons (Fsp3) is 0. The number of thioether (sulfide) groups is 2. The van der Waals surface area contributed by atoms with Crippen molar-refractivity contribution in [2.75, 3.05) is 0 Å². The summed E-state index contributed by atoms with van der Waals surface area (Å²) < 4.78 is 1.61. The number of hydrogen-bond donors (Lipinski definition) is 0. The lowest BCUT2D eigenvalue weighted by atomic mass is 9.90. The molecule has 0 saturated carbocycles. The lowest BCUT2D eigenvalue weighted by Crippen LogP contribution is -2.20. The molecule has 0 heterocycles. The summed E-state index contributed by atoms with van der Waals surface area (Å²) in [4.78, 5) is 52.9. The van der Waals surface area contributed by atoms with Gasteiger partial charge in [0.2, 0.25) is 0 Å². The summed E-state index contributed by atoms with van der Waals surface area (Å²) in [5.74, 6) is -1.75. The van der Waals surface area contributed by atoms with Crippen LogP contribution >= 0.6 is 55.4 Å². The Morgan fingerprint density at radius 3 is 1.25 bits per heavy atom. The monoisotopic (exact) mass is 586 g/mol. The smallest absolute Gasteiger partial charge is 0.193 e. The van der Waals surface area contributed by atoms with E-state index in [9.17, 15) is 19.2 Å². The topological polar surface area (TPSA) is 68.3 Å². The van der Waals surface area contributed by atoms with Gasteiger partial charge in [0.15, 0.2) is 23.1 Å². The van der Waals surface area contributed by atoms with Gasteiger partial charge < -0.3 is 0 Å². The summed E-state index contributed by atoms with van der Waals surface area (Å²) in [7, 11) is 0. The highest BCUT2D eigenvalue weighted by atomic mass is 79.9. The van der Waals surface area contributed by atoms with E-state index in [2.05, 4.69) is 31.9 Å². The Hall–Kier alpha value is -2.26. The zero-order valence-corrected chi connectivity index (χ0v) is 20.9. The molecule has 4 nitrogen and oxygen atoms in total. The van der Waals surface area contributed by atoms with E-state index >= 15 is 0 Å². The molecule has 0 saturated heterocycles. The standard InChI is InChI=1S/C24H12Br2O4S2/c25-15-5-1-3-7-21(15)31-23-11-17(27)13(9-19(23)29)14-10-20(30)24(12-18(14)28)32-22-8-4-2-6-16(22)26/h1-12H. The van der Waals surface area contributed by atoms with Crippen LogP contribution in [0.2, 0.25) is 0 Å². The van der Waals surface area contributed by atoms with Crippen molar-refractivity contribution in [1.82, 2.24) is 0 Å². The largest absolute Gasteiger partial charge is 0.289 e. The van der Waals surface area contributed by atoms with E-state index in [1.807, 2.05) is 48.5 Å². The van der Waals surface area contributed by atoms with Gasteiger partial charge in [-0.25, -0.2) is 0 Å². The van der Waals surface area contributed by atoms with Crippen LogP contribution in [0, 0.1) is 0 Å². The summed E-state index contributed by atoms with van der Waals surface area (Å²) >= 11 is 9.17. The number of carbonyl (C=O) groups excluding carboxylic acids is 4. The van der Waals surface area contributed by atoms with Crippen molar-refractivity contribution in [2.45, 2.75) is 9.79 Å². The van der Waals surface area contributed by atoms with E-state index in [0.29, 0.717) is 0 Å². The van der Waals surface area contributed by atoms with Crippen molar-refractivity contribution >= 4 is 78.5 Å². The second-order valence-corrected chi connectivity index (χ2v) is 10.5. The molecule has 32 heavy (non-hydrogen) atoms. The molecule has 0 fully saturated rings. The number of carbonyl (C=O) groups is 4. The van der Waals surface area contributed by atoms with Crippen LogP contribution < -0.4 is 0 Å². The van der Waals surface area contributed by atoms with Crippen LogP contribution in [0.1, 0.15) is 0 Å². The van der Waals surface area contributed by atoms with Crippen molar-refractivity contribution in [3.05, 3.63) is 103 Å². The van der Waals surface area contributed by atoms with Crippen molar-refractivity contribution < 1.29 is 19.2 Å². The van der Waals surface area contributed by atoms with Crippen LogP contribution in [0.15, 0.2) is 113 Å². The zero-order valence-electron chi connectivity index (χ0n) is 16.1. The SMILES string of the molecule is O=C1C=C(C2=CC(=O)C(Sc3ccccc3Br)=CC2=O)C(=O)C=C1Sc1ccccc1Br. The zero-order chi connectivity index (χ0) is 22.8. The molecule has 0 unspecified atom stereocenters. The van der Waals surface area contributed by atoms with Gasteiger partial charge in [0.1, 0.15) is 0 Å². The average molecular weight is 588 g/mol. The molecule has 0 atom stereocenters. The average Bonchev–Trinajstić information content (AvgIpc) is 2.76. The van der Waals surface area contributed by atoms with Crippen molar-refractivity contribution in [3.8, 4) is 0 Å². The second-order valence-electron chi connectivity index (χ2n) is 6.66. The Labute approximate surface area is 209 Å². The van der Waals surface area contributed by atoms with Crippen LogP contribution in [0.5, 0.6) is 0 Å². The van der Waals surface area contributed by atoms with Crippen molar-refractivity contribution in [3.63, 3.8) is 0 Å². The van der Waals surface area contributed by atoms with Gasteiger partial charge >= 0.3 is 0 Å². The number of halogens is 2. The minimum atomic E-state index is -0.484. The van der Waals surface area contributed by atoms with Gasteiger partial charge in [-0.1, -0.05) is 47.8 Å². The summed E-state index contributed by atoms with van der Waals surface area (Å²) in [6.07, 6.45) is 4.71. The molecule has 2 aliphatic carbocycles. The first-order chi connectivity index (χ1) is 15.3. The Kier molecular flexibility index (Phi) is 6.95. The Morgan fingerprint density at radius 1 is 0.500 bits per heavy atom. The number of ketones is 4. The molecule has 2 aromatic rings. The van der Waals surface area contributed by atoms with E-state index in [-0.39, 0.29) is 32.5 Å². The summed E-state index contributed by atoms with van der Waals surface area (Å²) in [6, 6.07) is 14.7. The van der Waals surface area contributed by atoms with Gasteiger partial charge in [0.25, 0.3) is 0 Å². The molecule has 0 amide bonds. The Balaban J connectivity index is 1.55. The molecule has 4 rings (SSSR count). The van der Waals surface area contributed by atoms with E-state index in [0.717, 1.165) is 54.4 Å². The van der Waals surface area contributed by atoms with Crippen molar-refractivity contribution in [2.24, 2.45) is 0 Å². The highest BCUT2D eigenvalue weighted by Crippen LogP contribution is 2.38. The van der Waals surface area contributed by atoms with Crippen LogP contribution in [-0.4, -0.2) is 23.1 Å². The fourth-order valence-electron chi connectivity index (χ4n) is 2.96. The van der Waals surface area contributed by atoms with Gasteiger partial charge in [0.05, 0.1) is 9.81 Å². The van der Waals surface area contributed by atoms with Crippen LogP contribution in [0.3, 0.4) is 0 Å². The minimum Gasteiger partial charge on any atom is -0.289 e. The Bertz CT molecular complexity index is 1220. The molecule has 2 aromatic carbocycles. The predicted octanol–water partition coefficient (Wildman–Crippen LogP) is 6.02. The molecule has 0 spiro atoms. The summed E-state index contributed by atoms with van der Waals surface area (Å²) in [5, 5.41) is 0. The third-order valence-corrected chi connectivity index (χ3v) is 8.63. The van der Waals surface area contributed by atoms with Crippen LogP contribution in [0.25, 0.3) is 0 Å². The molecule has 158 valence electrons. The molecule has 0 bridgehead atoms. The van der Waals surface area contributed by atoms with Crippen LogP contribution in [0.4, 0.5) is 0 Å². The normalized spacial score (nSPS) is 16.4. The highest BCUT2D eigenvalue weighted by molar-refractivity contribution is 9.10. The minimum absolute atomic E-state index is 0.0639. The second kappa shape index (κ2) is 9.70. The summed E-state index contributed by atoms with van der Waals surface area (Å²) in [6.45, 7) is 0. The quantitative estimate of drug-likeness (QED) is 0.398. The van der Waals surface area contributed by atoms with Crippen LogP contribution in [-0.2, 0) is 19.2 Å². The maximum Gasteiger partial charge on any atom is 0.193 e. The van der Waals surface area contributed by atoms with E-state index < -0.39 is 11.6 Å². The number of allylic oxidation sites excluding steroid dienone is 8. The highest BCUT2D eigenvalue weighted by Gasteiger charge is 2.30. The lowest BCUT2D eigenvalue weighted by Gasteiger charge is -2.16. The molecule has 0 radical (unpaired) electrons. The lowest BCUT2D eigenvalue weighted by molar-refractivity contribution is -0.116. The molecular formula is C24H12Br2O4S2. The Morgan fingerprint density at radius 2 is 0.875 bits per heavy atom. The van der Waals surface area contributed by atoms with Gasteiger partial charge in [-0.2, -0.15) is 0 Å². The number of rotatable bonds is 5. The van der Waals surface area contributed by atoms with E-state index in [1.165, 1.54) is 12.2 Å². The molecule has 8 heteroatoms. The molecule has 0 N–H and O–H groups in total. The van der Waals surface area contributed by atoms with E-state index in [4.69, 9.17) is 0 Å². The molecule has 0 aliphatic heterocycles. The maximum atomic E-state index is 12.7. The molecular weight excluding hydrogens is 576 g/mol. The van der Waals surface area contributed by atoms with Crippen molar-refractivity contribution in [1.29, 1.82) is 0 Å². The van der Waals surface area contributed by atoms with Gasteiger partial charge in [-0.3, -0.25) is 19.2 Å².